The lowest BCUT2D eigenvalue weighted by Gasteiger charge is -2.08. The van der Waals surface area contributed by atoms with Gasteiger partial charge in [0.05, 0.1) is 6.61 Å². The van der Waals surface area contributed by atoms with Crippen molar-refractivity contribution in [1.29, 1.82) is 0 Å². The predicted molar refractivity (Wildman–Crippen MR) is 74.3 cm³/mol. The summed E-state index contributed by atoms with van der Waals surface area (Å²) in [4.78, 5) is 11.5. The summed E-state index contributed by atoms with van der Waals surface area (Å²) < 4.78 is 4.96. The Labute approximate surface area is 110 Å². The van der Waals surface area contributed by atoms with Crippen molar-refractivity contribution >= 4 is 5.97 Å². The predicted octanol–water partition coefficient (Wildman–Crippen LogP) is 3.76. The molecule has 0 bridgehead atoms. The SMILES string of the molecule is CCOC(=O)/C(C)=C/[C@@H](C)CCc1ccccc1. The molecule has 0 saturated carbocycles. The second kappa shape index (κ2) is 7.70. The van der Waals surface area contributed by atoms with E-state index in [2.05, 4.69) is 31.2 Å². The molecular formula is C16H22O2. The van der Waals surface area contributed by atoms with Gasteiger partial charge in [-0.05, 0) is 38.2 Å². The Morgan fingerprint density at radius 1 is 1.33 bits per heavy atom. The summed E-state index contributed by atoms with van der Waals surface area (Å²) in [5.74, 6) is 0.179. The first-order valence-electron chi connectivity index (χ1n) is 6.53. The molecular weight excluding hydrogens is 224 g/mol. The van der Waals surface area contributed by atoms with Gasteiger partial charge in [-0.3, -0.25) is 0 Å². The lowest BCUT2D eigenvalue weighted by atomic mass is 9.99. The number of hydrogen-bond donors (Lipinski definition) is 0. The van der Waals surface area contributed by atoms with E-state index < -0.39 is 0 Å². The van der Waals surface area contributed by atoms with Gasteiger partial charge in [-0.1, -0.05) is 43.3 Å². The minimum Gasteiger partial charge on any atom is -0.463 e. The Balaban J connectivity index is 2.43. The zero-order valence-electron chi connectivity index (χ0n) is 11.5. The van der Waals surface area contributed by atoms with E-state index in [0.717, 1.165) is 12.8 Å². The third-order valence-corrected chi connectivity index (χ3v) is 2.86. The van der Waals surface area contributed by atoms with Crippen molar-refractivity contribution in [1.82, 2.24) is 0 Å². The number of carbonyl (C=O) groups excluding carboxylic acids is 1. The maximum absolute atomic E-state index is 11.5. The van der Waals surface area contributed by atoms with Crippen molar-refractivity contribution in [2.75, 3.05) is 6.61 Å². The molecule has 1 aromatic rings. The van der Waals surface area contributed by atoms with E-state index in [9.17, 15) is 4.79 Å². The molecule has 0 aliphatic rings. The Morgan fingerprint density at radius 2 is 2.00 bits per heavy atom. The Bertz CT molecular complexity index is 393. The van der Waals surface area contributed by atoms with E-state index in [1.54, 1.807) is 0 Å². The number of carbonyl (C=O) groups is 1. The van der Waals surface area contributed by atoms with Gasteiger partial charge in [0.15, 0.2) is 0 Å². The van der Waals surface area contributed by atoms with E-state index in [0.29, 0.717) is 18.1 Å². The van der Waals surface area contributed by atoms with Gasteiger partial charge in [-0.15, -0.1) is 0 Å². The first-order valence-corrected chi connectivity index (χ1v) is 6.53. The minimum absolute atomic E-state index is 0.205. The topological polar surface area (TPSA) is 26.3 Å². The molecule has 1 atom stereocenters. The molecule has 0 radical (unpaired) electrons. The maximum atomic E-state index is 11.5. The van der Waals surface area contributed by atoms with E-state index in [4.69, 9.17) is 4.74 Å². The van der Waals surface area contributed by atoms with Crippen LogP contribution in [0.3, 0.4) is 0 Å². The lowest BCUT2D eigenvalue weighted by molar-refractivity contribution is -0.138. The van der Waals surface area contributed by atoms with Crippen molar-refractivity contribution in [3.63, 3.8) is 0 Å². The van der Waals surface area contributed by atoms with Gasteiger partial charge in [-0.25, -0.2) is 4.79 Å². The zero-order chi connectivity index (χ0) is 13.4. The molecule has 0 aromatic heterocycles. The molecule has 1 aromatic carbocycles. The summed E-state index contributed by atoms with van der Waals surface area (Å²) in [6.45, 7) is 6.20. The number of rotatable bonds is 6. The monoisotopic (exact) mass is 246 g/mol. The van der Waals surface area contributed by atoms with E-state index in [-0.39, 0.29) is 5.97 Å². The van der Waals surface area contributed by atoms with Gasteiger partial charge in [-0.2, -0.15) is 0 Å². The molecule has 0 fully saturated rings. The molecule has 0 saturated heterocycles. The fourth-order valence-corrected chi connectivity index (χ4v) is 1.86. The lowest BCUT2D eigenvalue weighted by Crippen LogP contribution is -2.07. The number of hydrogen-bond acceptors (Lipinski definition) is 2. The molecule has 2 heteroatoms. The van der Waals surface area contributed by atoms with E-state index in [1.807, 2.05) is 26.0 Å². The van der Waals surface area contributed by atoms with Crippen LogP contribution in [0, 0.1) is 5.92 Å². The van der Waals surface area contributed by atoms with Crippen LogP contribution >= 0.6 is 0 Å². The molecule has 0 aliphatic carbocycles. The van der Waals surface area contributed by atoms with Crippen LogP contribution in [-0.4, -0.2) is 12.6 Å². The van der Waals surface area contributed by atoms with Crippen molar-refractivity contribution in [2.24, 2.45) is 5.92 Å². The Morgan fingerprint density at radius 3 is 2.61 bits per heavy atom. The third kappa shape index (κ3) is 5.17. The van der Waals surface area contributed by atoms with Gasteiger partial charge in [0, 0.05) is 5.57 Å². The van der Waals surface area contributed by atoms with Gasteiger partial charge in [0.25, 0.3) is 0 Å². The summed E-state index contributed by atoms with van der Waals surface area (Å²) in [5.41, 5.74) is 2.05. The van der Waals surface area contributed by atoms with Gasteiger partial charge in [0.1, 0.15) is 0 Å². The van der Waals surface area contributed by atoms with Gasteiger partial charge < -0.3 is 4.74 Å². The summed E-state index contributed by atoms with van der Waals surface area (Å²) in [7, 11) is 0. The van der Waals surface area contributed by atoms with Gasteiger partial charge in [0.2, 0.25) is 0 Å². The van der Waals surface area contributed by atoms with Crippen molar-refractivity contribution in [3.8, 4) is 0 Å². The van der Waals surface area contributed by atoms with Crippen LogP contribution in [0.25, 0.3) is 0 Å². The largest absolute Gasteiger partial charge is 0.463 e. The summed E-state index contributed by atoms with van der Waals surface area (Å²) >= 11 is 0. The number of aryl methyl sites for hydroxylation is 1. The first kappa shape index (κ1) is 14.5. The van der Waals surface area contributed by atoms with Gasteiger partial charge >= 0.3 is 5.97 Å². The van der Waals surface area contributed by atoms with Crippen LogP contribution < -0.4 is 0 Å². The smallest absolute Gasteiger partial charge is 0.333 e. The molecule has 0 aliphatic heterocycles. The third-order valence-electron chi connectivity index (χ3n) is 2.86. The minimum atomic E-state index is -0.205. The molecule has 0 heterocycles. The van der Waals surface area contributed by atoms with Crippen molar-refractivity contribution in [2.45, 2.75) is 33.6 Å². The highest BCUT2D eigenvalue weighted by Gasteiger charge is 2.07. The highest BCUT2D eigenvalue weighted by molar-refractivity contribution is 5.87. The van der Waals surface area contributed by atoms with E-state index >= 15 is 0 Å². The van der Waals surface area contributed by atoms with Crippen LogP contribution in [0.2, 0.25) is 0 Å². The normalized spacial score (nSPS) is 13.2. The van der Waals surface area contributed by atoms with Crippen molar-refractivity contribution in [3.05, 3.63) is 47.5 Å². The molecule has 0 N–H and O–H groups in total. The molecule has 1 rings (SSSR count). The fraction of sp³-hybridized carbons (Fsp3) is 0.438. The highest BCUT2D eigenvalue weighted by atomic mass is 16.5. The molecule has 0 spiro atoms. The fourth-order valence-electron chi connectivity index (χ4n) is 1.86. The Hall–Kier alpha value is -1.57. The Kier molecular flexibility index (Phi) is 6.20. The number of benzene rings is 1. The number of allylic oxidation sites excluding steroid dienone is 1. The summed E-state index contributed by atoms with van der Waals surface area (Å²) in [6, 6.07) is 10.4. The first-order chi connectivity index (χ1) is 8.63. The summed E-state index contributed by atoms with van der Waals surface area (Å²) in [6.07, 6.45) is 4.08. The van der Waals surface area contributed by atoms with Crippen molar-refractivity contribution < 1.29 is 9.53 Å². The molecule has 98 valence electrons. The molecule has 2 nitrogen and oxygen atoms in total. The number of esters is 1. The maximum Gasteiger partial charge on any atom is 0.333 e. The average Bonchev–Trinajstić information content (AvgIpc) is 2.38. The number of ether oxygens (including phenoxy) is 1. The van der Waals surface area contributed by atoms with Crippen LogP contribution in [0.5, 0.6) is 0 Å². The second-order valence-corrected chi connectivity index (χ2v) is 4.57. The zero-order valence-corrected chi connectivity index (χ0v) is 11.5. The highest BCUT2D eigenvalue weighted by Crippen LogP contribution is 2.13. The summed E-state index contributed by atoms with van der Waals surface area (Å²) in [5, 5.41) is 0. The molecule has 18 heavy (non-hydrogen) atoms. The average molecular weight is 246 g/mol. The van der Waals surface area contributed by atoms with Crippen LogP contribution in [0.15, 0.2) is 42.0 Å². The quantitative estimate of drug-likeness (QED) is 0.564. The van der Waals surface area contributed by atoms with E-state index in [1.165, 1.54) is 5.56 Å². The second-order valence-electron chi connectivity index (χ2n) is 4.57. The van der Waals surface area contributed by atoms with Crippen LogP contribution in [-0.2, 0) is 16.0 Å². The van der Waals surface area contributed by atoms with Crippen LogP contribution in [0.1, 0.15) is 32.8 Å². The standard InChI is InChI=1S/C16H22O2/c1-4-18-16(17)14(3)12-13(2)10-11-15-8-6-5-7-9-15/h5-9,12-13H,4,10-11H2,1-3H3/b14-12+/t13-/m0/s1. The molecule has 0 unspecified atom stereocenters. The van der Waals surface area contributed by atoms with Crippen LogP contribution in [0.4, 0.5) is 0 Å². The molecule has 0 amide bonds.